The predicted molar refractivity (Wildman–Crippen MR) is 66.0 cm³/mol. The minimum atomic E-state index is -0.0401. The van der Waals surface area contributed by atoms with E-state index < -0.39 is 0 Å². The number of hydrogen-bond acceptors (Lipinski definition) is 4. The lowest BCUT2D eigenvalue weighted by atomic mass is 10.1. The lowest BCUT2D eigenvalue weighted by molar-refractivity contribution is -0.119. The highest BCUT2D eigenvalue weighted by atomic mass is 16.5. The van der Waals surface area contributed by atoms with Gasteiger partial charge in [-0.1, -0.05) is 0 Å². The van der Waals surface area contributed by atoms with Crippen LogP contribution in [-0.4, -0.2) is 31.6 Å². The van der Waals surface area contributed by atoms with Crippen LogP contribution >= 0.6 is 0 Å². The molecule has 0 aliphatic rings. The maximum Gasteiger partial charge on any atom is 0.233 e. The fourth-order valence-corrected chi connectivity index (χ4v) is 1.63. The maximum absolute atomic E-state index is 11.0. The van der Waals surface area contributed by atoms with Crippen molar-refractivity contribution in [2.45, 2.75) is 20.4 Å². The first-order valence-corrected chi connectivity index (χ1v) is 5.50. The first-order valence-electron chi connectivity index (χ1n) is 5.50. The van der Waals surface area contributed by atoms with Crippen molar-refractivity contribution < 1.29 is 9.53 Å². The summed E-state index contributed by atoms with van der Waals surface area (Å²) in [6.07, 6.45) is 1.78. The third-order valence-corrected chi connectivity index (χ3v) is 2.61. The van der Waals surface area contributed by atoms with Crippen molar-refractivity contribution in [3.8, 4) is 5.75 Å². The summed E-state index contributed by atoms with van der Waals surface area (Å²) >= 11 is 0. The molecule has 2 N–H and O–H groups in total. The van der Waals surface area contributed by atoms with E-state index in [0.29, 0.717) is 6.54 Å². The fourth-order valence-electron chi connectivity index (χ4n) is 1.63. The van der Waals surface area contributed by atoms with Gasteiger partial charge in [0.2, 0.25) is 5.91 Å². The molecule has 1 aromatic heterocycles. The van der Waals surface area contributed by atoms with Crippen molar-refractivity contribution in [1.82, 2.24) is 15.6 Å². The van der Waals surface area contributed by atoms with E-state index in [1.807, 2.05) is 13.8 Å². The quantitative estimate of drug-likeness (QED) is 0.784. The van der Waals surface area contributed by atoms with Crippen LogP contribution in [0.15, 0.2) is 6.20 Å². The highest BCUT2D eigenvalue weighted by Crippen LogP contribution is 2.23. The van der Waals surface area contributed by atoms with E-state index in [2.05, 4.69) is 15.6 Å². The molecule has 5 nitrogen and oxygen atoms in total. The topological polar surface area (TPSA) is 63.2 Å². The standard InChI is InChI=1S/C12H19N3O2/c1-8-5-15-10(9(2)12(8)17-4)6-14-7-11(16)13-3/h5,14H,6-7H2,1-4H3,(H,13,16). The zero-order valence-electron chi connectivity index (χ0n) is 10.8. The summed E-state index contributed by atoms with van der Waals surface area (Å²) in [7, 11) is 3.26. The molecule has 17 heavy (non-hydrogen) atoms. The van der Waals surface area contributed by atoms with Gasteiger partial charge in [0.1, 0.15) is 5.75 Å². The van der Waals surface area contributed by atoms with Gasteiger partial charge in [-0.15, -0.1) is 0 Å². The van der Waals surface area contributed by atoms with Crippen molar-refractivity contribution in [2.75, 3.05) is 20.7 Å². The van der Waals surface area contributed by atoms with E-state index in [1.54, 1.807) is 20.4 Å². The van der Waals surface area contributed by atoms with Crippen LogP contribution in [0, 0.1) is 13.8 Å². The Hall–Kier alpha value is -1.62. The zero-order chi connectivity index (χ0) is 12.8. The van der Waals surface area contributed by atoms with Gasteiger partial charge in [-0.3, -0.25) is 9.78 Å². The summed E-state index contributed by atoms with van der Waals surface area (Å²) in [5.41, 5.74) is 2.92. The molecule has 0 fully saturated rings. The molecule has 0 saturated heterocycles. The van der Waals surface area contributed by atoms with Gasteiger partial charge in [-0.2, -0.15) is 0 Å². The molecule has 1 heterocycles. The Morgan fingerprint density at radius 1 is 1.47 bits per heavy atom. The Labute approximate surface area is 102 Å². The second-order valence-corrected chi connectivity index (χ2v) is 3.82. The largest absolute Gasteiger partial charge is 0.496 e. The number of aryl methyl sites for hydroxylation is 1. The van der Waals surface area contributed by atoms with Crippen LogP contribution < -0.4 is 15.4 Å². The van der Waals surface area contributed by atoms with Crippen molar-refractivity contribution in [3.63, 3.8) is 0 Å². The zero-order valence-corrected chi connectivity index (χ0v) is 10.8. The number of aromatic nitrogens is 1. The molecule has 0 aliphatic heterocycles. The molecule has 0 radical (unpaired) electrons. The van der Waals surface area contributed by atoms with Gasteiger partial charge in [0.15, 0.2) is 0 Å². The number of ether oxygens (including phenoxy) is 1. The molecule has 0 bridgehead atoms. The predicted octanol–water partition coefficient (Wildman–Crippen LogP) is 0.543. The van der Waals surface area contributed by atoms with Crippen LogP contribution in [0.1, 0.15) is 16.8 Å². The van der Waals surface area contributed by atoms with Crippen molar-refractivity contribution in [1.29, 1.82) is 0 Å². The van der Waals surface area contributed by atoms with E-state index in [-0.39, 0.29) is 12.5 Å². The third kappa shape index (κ3) is 3.42. The number of carbonyl (C=O) groups is 1. The molecule has 0 saturated carbocycles. The average Bonchev–Trinajstić information content (AvgIpc) is 2.32. The summed E-state index contributed by atoms with van der Waals surface area (Å²) in [5.74, 6) is 0.818. The van der Waals surface area contributed by atoms with Gasteiger partial charge < -0.3 is 15.4 Å². The molecule has 1 aromatic rings. The third-order valence-electron chi connectivity index (χ3n) is 2.61. The number of carbonyl (C=O) groups excluding carboxylic acids is 1. The smallest absolute Gasteiger partial charge is 0.233 e. The Kier molecular flexibility index (Phi) is 4.90. The first kappa shape index (κ1) is 13.4. The van der Waals surface area contributed by atoms with Gasteiger partial charge in [-0.25, -0.2) is 0 Å². The number of hydrogen-bond donors (Lipinski definition) is 2. The van der Waals surface area contributed by atoms with Crippen molar-refractivity contribution in [2.24, 2.45) is 0 Å². The number of rotatable bonds is 5. The van der Waals surface area contributed by atoms with Crippen molar-refractivity contribution >= 4 is 5.91 Å². The maximum atomic E-state index is 11.0. The van der Waals surface area contributed by atoms with Crippen LogP contribution in [0.25, 0.3) is 0 Å². The number of amides is 1. The highest BCUT2D eigenvalue weighted by Gasteiger charge is 2.09. The Morgan fingerprint density at radius 2 is 2.18 bits per heavy atom. The molecule has 5 heteroatoms. The number of methoxy groups -OCH3 is 1. The normalized spacial score (nSPS) is 10.1. The van der Waals surface area contributed by atoms with E-state index in [0.717, 1.165) is 22.6 Å². The number of nitrogens with one attached hydrogen (secondary N) is 2. The minimum Gasteiger partial charge on any atom is -0.496 e. The Balaban J connectivity index is 2.69. The van der Waals surface area contributed by atoms with Gasteiger partial charge in [0.05, 0.1) is 19.3 Å². The second kappa shape index (κ2) is 6.20. The summed E-state index contributed by atoms with van der Waals surface area (Å²) in [4.78, 5) is 15.4. The first-order chi connectivity index (χ1) is 8.10. The van der Waals surface area contributed by atoms with Crippen LogP contribution in [-0.2, 0) is 11.3 Å². The molecule has 0 spiro atoms. The summed E-state index contributed by atoms with van der Waals surface area (Å²) < 4.78 is 5.32. The lowest BCUT2D eigenvalue weighted by Gasteiger charge is -2.12. The van der Waals surface area contributed by atoms with Gasteiger partial charge >= 0.3 is 0 Å². The Morgan fingerprint density at radius 3 is 2.76 bits per heavy atom. The van der Waals surface area contributed by atoms with Crippen molar-refractivity contribution in [3.05, 3.63) is 23.0 Å². The van der Waals surface area contributed by atoms with E-state index in [9.17, 15) is 4.79 Å². The highest BCUT2D eigenvalue weighted by molar-refractivity contribution is 5.77. The molecule has 94 valence electrons. The van der Waals surface area contributed by atoms with E-state index in [4.69, 9.17) is 4.74 Å². The molecule has 0 unspecified atom stereocenters. The average molecular weight is 237 g/mol. The Bertz CT molecular complexity index is 405. The SMILES string of the molecule is CNC(=O)CNCc1ncc(C)c(OC)c1C. The number of pyridine rings is 1. The fraction of sp³-hybridized carbons (Fsp3) is 0.500. The van der Waals surface area contributed by atoms with E-state index >= 15 is 0 Å². The molecule has 1 rings (SSSR count). The summed E-state index contributed by atoms with van der Waals surface area (Å²) in [6, 6.07) is 0. The summed E-state index contributed by atoms with van der Waals surface area (Å²) in [5, 5.41) is 5.58. The molecule has 1 amide bonds. The molecular weight excluding hydrogens is 218 g/mol. The number of likely N-dealkylation sites (N-methyl/N-ethyl adjacent to an activating group) is 1. The second-order valence-electron chi connectivity index (χ2n) is 3.82. The lowest BCUT2D eigenvalue weighted by Crippen LogP contribution is -2.31. The molecule has 0 aromatic carbocycles. The van der Waals surface area contributed by atoms with E-state index in [1.165, 1.54) is 0 Å². The van der Waals surface area contributed by atoms with Crippen LogP contribution in [0.5, 0.6) is 5.75 Å². The van der Waals surface area contributed by atoms with Crippen LogP contribution in [0.4, 0.5) is 0 Å². The van der Waals surface area contributed by atoms with Crippen LogP contribution in [0.2, 0.25) is 0 Å². The molecule has 0 aliphatic carbocycles. The number of nitrogens with zero attached hydrogens (tertiary/aromatic N) is 1. The molecular formula is C12H19N3O2. The minimum absolute atomic E-state index is 0.0401. The summed E-state index contributed by atoms with van der Waals surface area (Å²) in [6.45, 7) is 4.76. The van der Waals surface area contributed by atoms with Gasteiger partial charge in [0, 0.05) is 30.9 Å². The molecule has 0 atom stereocenters. The van der Waals surface area contributed by atoms with Gasteiger partial charge in [0.25, 0.3) is 0 Å². The monoisotopic (exact) mass is 237 g/mol. The van der Waals surface area contributed by atoms with Crippen LogP contribution in [0.3, 0.4) is 0 Å². The van der Waals surface area contributed by atoms with Gasteiger partial charge in [-0.05, 0) is 13.8 Å².